The molecular formula is C17H34N4O. The minimum Gasteiger partial charge on any atom is -0.357 e. The summed E-state index contributed by atoms with van der Waals surface area (Å²) >= 11 is 0. The van der Waals surface area contributed by atoms with E-state index < -0.39 is 0 Å². The second-order valence-electron chi connectivity index (χ2n) is 6.80. The third-order valence-corrected chi connectivity index (χ3v) is 4.49. The SMILES string of the molecule is CCNC(=NCCC(=O)N(C)C)NC1CCC(C(C)C)CC1. The molecule has 1 aliphatic rings. The molecule has 0 unspecified atom stereocenters. The second-order valence-corrected chi connectivity index (χ2v) is 6.80. The van der Waals surface area contributed by atoms with Crippen molar-refractivity contribution in [3.8, 4) is 0 Å². The van der Waals surface area contributed by atoms with Gasteiger partial charge >= 0.3 is 0 Å². The summed E-state index contributed by atoms with van der Waals surface area (Å²) in [5.74, 6) is 2.63. The Kier molecular flexibility index (Phi) is 8.28. The fourth-order valence-electron chi connectivity index (χ4n) is 2.93. The molecule has 0 heterocycles. The van der Waals surface area contributed by atoms with Crippen molar-refractivity contribution in [2.24, 2.45) is 16.8 Å². The molecule has 22 heavy (non-hydrogen) atoms. The van der Waals surface area contributed by atoms with Gasteiger partial charge in [0.25, 0.3) is 0 Å². The number of rotatable bonds is 6. The van der Waals surface area contributed by atoms with Gasteiger partial charge in [-0.3, -0.25) is 9.79 Å². The second kappa shape index (κ2) is 9.70. The molecule has 1 rings (SSSR count). The first-order valence-corrected chi connectivity index (χ1v) is 8.69. The van der Waals surface area contributed by atoms with Crippen molar-refractivity contribution >= 4 is 11.9 Å². The van der Waals surface area contributed by atoms with Crippen molar-refractivity contribution in [3.05, 3.63) is 0 Å². The Morgan fingerprint density at radius 2 is 1.86 bits per heavy atom. The van der Waals surface area contributed by atoms with Crippen LogP contribution >= 0.6 is 0 Å². The van der Waals surface area contributed by atoms with Crippen molar-refractivity contribution in [3.63, 3.8) is 0 Å². The molecule has 0 aliphatic heterocycles. The molecule has 128 valence electrons. The minimum absolute atomic E-state index is 0.122. The van der Waals surface area contributed by atoms with E-state index in [-0.39, 0.29) is 5.91 Å². The van der Waals surface area contributed by atoms with Crippen LogP contribution in [-0.4, -0.2) is 50.0 Å². The van der Waals surface area contributed by atoms with Crippen LogP contribution in [0.2, 0.25) is 0 Å². The van der Waals surface area contributed by atoms with Crippen molar-refractivity contribution in [2.45, 2.75) is 58.9 Å². The third kappa shape index (κ3) is 6.67. The summed E-state index contributed by atoms with van der Waals surface area (Å²) in [6.07, 6.45) is 5.49. The number of guanidine groups is 1. The lowest BCUT2D eigenvalue weighted by atomic mass is 9.80. The van der Waals surface area contributed by atoms with Gasteiger partial charge in [0, 0.05) is 33.1 Å². The molecule has 0 aromatic heterocycles. The first kappa shape index (κ1) is 18.8. The Morgan fingerprint density at radius 3 is 2.36 bits per heavy atom. The molecule has 1 aliphatic carbocycles. The average Bonchev–Trinajstić information content (AvgIpc) is 2.47. The van der Waals surface area contributed by atoms with E-state index in [2.05, 4.69) is 36.4 Å². The summed E-state index contributed by atoms with van der Waals surface area (Å²) in [5, 5.41) is 6.81. The zero-order valence-electron chi connectivity index (χ0n) is 15.0. The maximum Gasteiger partial charge on any atom is 0.223 e. The Hall–Kier alpha value is -1.26. The highest BCUT2D eigenvalue weighted by atomic mass is 16.2. The van der Waals surface area contributed by atoms with Gasteiger partial charge in [-0.2, -0.15) is 0 Å². The number of nitrogens with one attached hydrogen (secondary N) is 2. The number of carbonyl (C=O) groups is 1. The largest absolute Gasteiger partial charge is 0.357 e. The normalized spacial score (nSPS) is 22.5. The molecule has 1 amide bonds. The molecule has 0 aromatic rings. The van der Waals surface area contributed by atoms with Crippen LogP contribution in [-0.2, 0) is 4.79 Å². The predicted molar refractivity (Wildman–Crippen MR) is 93.0 cm³/mol. The van der Waals surface area contributed by atoms with E-state index in [1.54, 1.807) is 19.0 Å². The molecule has 1 saturated carbocycles. The van der Waals surface area contributed by atoms with Gasteiger partial charge in [0.1, 0.15) is 0 Å². The van der Waals surface area contributed by atoms with Crippen LogP contribution < -0.4 is 10.6 Å². The van der Waals surface area contributed by atoms with Crippen LogP contribution in [0.3, 0.4) is 0 Å². The molecule has 2 N–H and O–H groups in total. The summed E-state index contributed by atoms with van der Waals surface area (Å²) in [7, 11) is 3.56. The topological polar surface area (TPSA) is 56.7 Å². The van der Waals surface area contributed by atoms with E-state index in [1.165, 1.54) is 25.7 Å². The summed E-state index contributed by atoms with van der Waals surface area (Å²) in [5.41, 5.74) is 0. The molecule has 5 nitrogen and oxygen atoms in total. The van der Waals surface area contributed by atoms with Crippen molar-refractivity contribution in [1.29, 1.82) is 0 Å². The summed E-state index contributed by atoms with van der Waals surface area (Å²) in [6.45, 7) is 8.09. The average molecular weight is 310 g/mol. The van der Waals surface area contributed by atoms with Crippen molar-refractivity contribution in [2.75, 3.05) is 27.2 Å². The van der Waals surface area contributed by atoms with Gasteiger partial charge < -0.3 is 15.5 Å². The van der Waals surface area contributed by atoms with E-state index in [4.69, 9.17) is 0 Å². The number of nitrogens with zero attached hydrogens (tertiary/aromatic N) is 2. The maximum absolute atomic E-state index is 11.6. The lowest BCUT2D eigenvalue weighted by Crippen LogP contribution is -2.45. The molecule has 0 saturated heterocycles. The van der Waals surface area contributed by atoms with Gasteiger partial charge in [0.2, 0.25) is 5.91 Å². The Morgan fingerprint density at radius 1 is 1.23 bits per heavy atom. The molecule has 0 atom stereocenters. The third-order valence-electron chi connectivity index (χ3n) is 4.49. The lowest BCUT2D eigenvalue weighted by molar-refractivity contribution is -0.128. The predicted octanol–water partition coefficient (Wildman–Crippen LogP) is 2.23. The zero-order valence-corrected chi connectivity index (χ0v) is 15.0. The quantitative estimate of drug-likeness (QED) is 0.584. The maximum atomic E-state index is 11.6. The van der Waals surface area contributed by atoms with Crippen LogP contribution in [0.1, 0.15) is 52.9 Å². The van der Waals surface area contributed by atoms with Crippen LogP contribution in [0, 0.1) is 11.8 Å². The first-order chi connectivity index (χ1) is 10.4. The molecule has 1 fully saturated rings. The van der Waals surface area contributed by atoms with Gasteiger partial charge in [-0.15, -0.1) is 0 Å². The zero-order chi connectivity index (χ0) is 16.5. The first-order valence-electron chi connectivity index (χ1n) is 8.69. The van der Waals surface area contributed by atoms with Gasteiger partial charge in [-0.25, -0.2) is 0 Å². The Bertz CT molecular complexity index is 358. The van der Waals surface area contributed by atoms with Gasteiger partial charge in [0.05, 0.1) is 6.54 Å². The van der Waals surface area contributed by atoms with Gasteiger partial charge in [-0.05, 0) is 44.4 Å². The number of aliphatic imine (C=N–C) groups is 1. The van der Waals surface area contributed by atoms with Crippen LogP contribution in [0.5, 0.6) is 0 Å². The summed E-state index contributed by atoms with van der Waals surface area (Å²) < 4.78 is 0. The number of hydrogen-bond donors (Lipinski definition) is 2. The van der Waals surface area contributed by atoms with Gasteiger partial charge in [0.15, 0.2) is 5.96 Å². The van der Waals surface area contributed by atoms with Crippen LogP contribution in [0.15, 0.2) is 4.99 Å². The van der Waals surface area contributed by atoms with E-state index in [0.29, 0.717) is 19.0 Å². The molecule has 5 heteroatoms. The molecule has 0 radical (unpaired) electrons. The smallest absolute Gasteiger partial charge is 0.223 e. The highest BCUT2D eigenvalue weighted by Gasteiger charge is 2.23. The number of carbonyl (C=O) groups excluding carboxylic acids is 1. The van der Waals surface area contributed by atoms with Crippen LogP contribution in [0.4, 0.5) is 0 Å². The van der Waals surface area contributed by atoms with E-state index >= 15 is 0 Å². The Labute approximate surface area is 135 Å². The van der Waals surface area contributed by atoms with E-state index in [1.807, 2.05) is 0 Å². The van der Waals surface area contributed by atoms with Crippen molar-refractivity contribution in [1.82, 2.24) is 15.5 Å². The Balaban J connectivity index is 2.42. The highest BCUT2D eigenvalue weighted by molar-refractivity contribution is 5.81. The number of amides is 1. The highest BCUT2D eigenvalue weighted by Crippen LogP contribution is 2.29. The van der Waals surface area contributed by atoms with Gasteiger partial charge in [-0.1, -0.05) is 13.8 Å². The minimum atomic E-state index is 0.122. The lowest BCUT2D eigenvalue weighted by Gasteiger charge is -2.32. The standard InChI is InChI=1S/C17H34N4O/c1-6-18-17(19-12-11-16(22)21(4)5)20-15-9-7-14(8-10-15)13(2)3/h13-15H,6-12H2,1-5H3,(H2,18,19,20). The fraction of sp³-hybridized carbons (Fsp3) is 0.882. The monoisotopic (exact) mass is 310 g/mol. The van der Waals surface area contributed by atoms with E-state index in [0.717, 1.165) is 24.3 Å². The number of hydrogen-bond acceptors (Lipinski definition) is 2. The van der Waals surface area contributed by atoms with Crippen LogP contribution in [0.25, 0.3) is 0 Å². The summed E-state index contributed by atoms with van der Waals surface area (Å²) in [4.78, 5) is 17.7. The molecular weight excluding hydrogens is 276 g/mol. The molecule has 0 aromatic carbocycles. The van der Waals surface area contributed by atoms with E-state index in [9.17, 15) is 4.79 Å². The summed E-state index contributed by atoms with van der Waals surface area (Å²) in [6, 6.07) is 0.511. The van der Waals surface area contributed by atoms with Crippen molar-refractivity contribution < 1.29 is 4.79 Å². The molecule has 0 bridgehead atoms. The fourth-order valence-corrected chi connectivity index (χ4v) is 2.93. The molecule has 0 spiro atoms.